The zero-order chi connectivity index (χ0) is 15.1. The van der Waals surface area contributed by atoms with Crippen LogP contribution in [-0.2, 0) is 20.5 Å². The standard InChI is InChI=1S/C14H21BN2O3/c1-9(18)8-10-6-7-17-12(16)11(10)15-19-13(2,3)14(4,5)20-15/h6-7H,8H2,1-5H3,(H2,16,17). The number of hydrogen-bond acceptors (Lipinski definition) is 5. The Morgan fingerprint density at radius 3 is 2.35 bits per heavy atom. The summed E-state index contributed by atoms with van der Waals surface area (Å²) in [6.07, 6.45) is 1.90. The zero-order valence-electron chi connectivity index (χ0n) is 12.7. The van der Waals surface area contributed by atoms with Gasteiger partial charge in [-0.25, -0.2) is 4.98 Å². The molecule has 0 atom stereocenters. The highest BCUT2D eigenvalue weighted by atomic mass is 16.7. The molecule has 1 aromatic rings. The number of rotatable bonds is 3. The van der Waals surface area contributed by atoms with E-state index in [1.54, 1.807) is 19.2 Å². The van der Waals surface area contributed by atoms with Gasteiger partial charge in [-0.15, -0.1) is 0 Å². The Bertz CT molecular complexity index is 527. The van der Waals surface area contributed by atoms with Gasteiger partial charge in [-0.1, -0.05) is 0 Å². The van der Waals surface area contributed by atoms with Crippen LogP contribution in [0.3, 0.4) is 0 Å². The number of nitrogens with zero attached hydrogens (tertiary/aromatic N) is 1. The molecule has 1 fully saturated rings. The van der Waals surface area contributed by atoms with Crippen molar-refractivity contribution < 1.29 is 14.1 Å². The number of pyridine rings is 1. The lowest BCUT2D eigenvalue weighted by atomic mass is 9.75. The predicted octanol–water partition coefficient (Wildman–Crippen LogP) is 1.09. The van der Waals surface area contributed by atoms with E-state index in [2.05, 4.69) is 4.98 Å². The lowest BCUT2D eigenvalue weighted by Gasteiger charge is -2.32. The Morgan fingerprint density at radius 2 is 1.85 bits per heavy atom. The summed E-state index contributed by atoms with van der Waals surface area (Å²) >= 11 is 0. The van der Waals surface area contributed by atoms with E-state index >= 15 is 0 Å². The van der Waals surface area contributed by atoms with Gasteiger partial charge in [-0.2, -0.15) is 0 Å². The second-order valence-corrected chi connectivity index (χ2v) is 6.24. The largest absolute Gasteiger partial charge is 0.498 e. The molecule has 0 amide bonds. The van der Waals surface area contributed by atoms with Crippen molar-refractivity contribution in [1.29, 1.82) is 0 Å². The van der Waals surface area contributed by atoms with Crippen LogP contribution in [0.5, 0.6) is 0 Å². The SMILES string of the molecule is CC(=O)Cc1ccnc(N)c1B1OC(C)(C)C(C)(C)O1. The first-order chi connectivity index (χ1) is 9.14. The molecule has 2 N–H and O–H groups in total. The average Bonchev–Trinajstić information content (AvgIpc) is 2.46. The second kappa shape index (κ2) is 4.86. The highest BCUT2D eigenvalue weighted by Crippen LogP contribution is 2.37. The molecule has 2 rings (SSSR count). The highest BCUT2D eigenvalue weighted by Gasteiger charge is 2.52. The minimum Gasteiger partial charge on any atom is -0.399 e. The summed E-state index contributed by atoms with van der Waals surface area (Å²) in [7, 11) is -0.594. The Hall–Kier alpha value is -1.40. The van der Waals surface area contributed by atoms with Crippen molar-refractivity contribution in [3.8, 4) is 0 Å². The third-order valence-electron chi connectivity index (χ3n) is 4.04. The Kier molecular flexibility index (Phi) is 3.65. The van der Waals surface area contributed by atoms with E-state index < -0.39 is 18.3 Å². The van der Waals surface area contributed by atoms with Crippen LogP contribution in [0, 0.1) is 0 Å². The molecule has 0 aromatic carbocycles. The van der Waals surface area contributed by atoms with E-state index in [4.69, 9.17) is 15.0 Å². The van der Waals surface area contributed by atoms with E-state index in [1.165, 1.54) is 0 Å². The fourth-order valence-electron chi connectivity index (χ4n) is 2.19. The minimum atomic E-state index is -0.594. The topological polar surface area (TPSA) is 74.4 Å². The molecule has 2 heterocycles. The van der Waals surface area contributed by atoms with Crippen LogP contribution >= 0.6 is 0 Å². The van der Waals surface area contributed by atoms with E-state index in [0.717, 1.165) is 5.56 Å². The lowest BCUT2D eigenvalue weighted by molar-refractivity contribution is -0.116. The Balaban J connectivity index is 2.41. The van der Waals surface area contributed by atoms with Gasteiger partial charge < -0.3 is 15.0 Å². The third-order valence-corrected chi connectivity index (χ3v) is 4.04. The van der Waals surface area contributed by atoms with Gasteiger partial charge in [0.15, 0.2) is 0 Å². The average molecular weight is 276 g/mol. The van der Waals surface area contributed by atoms with Gasteiger partial charge in [-0.05, 0) is 46.2 Å². The summed E-state index contributed by atoms with van der Waals surface area (Å²) in [6, 6.07) is 1.79. The van der Waals surface area contributed by atoms with Crippen LogP contribution in [0.2, 0.25) is 0 Å². The molecule has 0 saturated carbocycles. The Labute approximate surface area is 120 Å². The van der Waals surface area contributed by atoms with Crippen molar-refractivity contribution >= 4 is 24.2 Å². The van der Waals surface area contributed by atoms with Crippen molar-refractivity contribution in [3.05, 3.63) is 17.8 Å². The number of nitrogens with two attached hydrogens (primary N) is 1. The summed E-state index contributed by atoms with van der Waals surface area (Å²) in [5, 5.41) is 0. The molecule has 6 heteroatoms. The van der Waals surface area contributed by atoms with Gasteiger partial charge >= 0.3 is 7.12 Å². The van der Waals surface area contributed by atoms with Crippen LogP contribution in [-0.4, -0.2) is 29.1 Å². The first-order valence-corrected chi connectivity index (χ1v) is 6.72. The maximum Gasteiger partial charge on any atom is 0.498 e. The molecule has 0 aliphatic carbocycles. The van der Waals surface area contributed by atoms with Crippen molar-refractivity contribution in [3.63, 3.8) is 0 Å². The monoisotopic (exact) mass is 276 g/mol. The smallest absolute Gasteiger partial charge is 0.399 e. The molecular formula is C14H21BN2O3. The highest BCUT2D eigenvalue weighted by molar-refractivity contribution is 6.64. The van der Waals surface area contributed by atoms with Crippen molar-refractivity contribution in [1.82, 2.24) is 4.98 Å². The fourth-order valence-corrected chi connectivity index (χ4v) is 2.19. The second-order valence-electron chi connectivity index (χ2n) is 6.24. The number of carbonyl (C=O) groups excluding carboxylic acids is 1. The summed E-state index contributed by atoms with van der Waals surface area (Å²) in [5.74, 6) is 0.413. The van der Waals surface area contributed by atoms with Gasteiger partial charge in [0, 0.05) is 18.1 Å². The number of anilines is 1. The van der Waals surface area contributed by atoms with Crippen LogP contribution in [0.1, 0.15) is 40.2 Å². The predicted molar refractivity (Wildman–Crippen MR) is 78.8 cm³/mol. The zero-order valence-corrected chi connectivity index (χ0v) is 12.7. The Morgan fingerprint density at radius 1 is 1.30 bits per heavy atom. The molecule has 1 aliphatic heterocycles. The molecule has 1 aliphatic rings. The molecule has 0 bridgehead atoms. The molecular weight excluding hydrogens is 255 g/mol. The van der Waals surface area contributed by atoms with Gasteiger partial charge in [0.2, 0.25) is 0 Å². The summed E-state index contributed by atoms with van der Waals surface area (Å²) < 4.78 is 12.0. The molecule has 0 radical (unpaired) electrons. The van der Waals surface area contributed by atoms with Gasteiger partial charge in [0.1, 0.15) is 11.6 Å². The number of nitrogen functional groups attached to an aromatic ring is 1. The molecule has 1 aromatic heterocycles. The van der Waals surface area contributed by atoms with Crippen LogP contribution in [0.15, 0.2) is 12.3 Å². The van der Waals surface area contributed by atoms with Gasteiger partial charge in [0.05, 0.1) is 11.2 Å². The first-order valence-electron chi connectivity index (χ1n) is 6.72. The number of hydrogen-bond donors (Lipinski definition) is 1. The quantitative estimate of drug-likeness (QED) is 0.836. The minimum absolute atomic E-state index is 0.0633. The molecule has 1 saturated heterocycles. The fraction of sp³-hybridized carbons (Fsp3) is 0.571. The van der Waals surface area contributed by atoms with E-state index in [9.17, 15) is 4.79 Å². The van der Waals surface area contributed by atoms with Crippen molar-refractivity contribution in [2.45, 2.75) is 52.2 Å². The van der Waals surface area contributed by atoms with E-state index in [0.29, 0.717) is 17.7 Å². The van der Waals surface area contributed by atoms with Gasteiger partial charge in [-0.3, -0.25) is 4.79 Å². The number of carbonyl (C=O) groups is 1. The van der Waals surface area contributed by atoms with E-state index in [1.807, 2.05) is 27.7 Å². The maximum atomic E-state index is 11.4. The molecule has 108 valence electrons. The molecule has 0 spiro atoms. The summed E-state index contributed by atoms with van der Waals surface area (Å²) in [4.78, 5) is 15.5. The summed E-state index contributed by atoms with van der Waals surface area (Å²) in [5.41, 5.74) is 6.55. The molecule has 20 heavy (non-hydrogen) atoms. The van der Waals surface area contributed by atoms with Crippen LogP contribution in [0.25, 0.3) is 0 Å². The normalized spacial score (nSPS) is 20.1. The molecule has 0 unspecified atom stereocenters. The lowest BCUT2D eigenvalue weighted by Crippen LogP contribution is -2.41. The summed E-state index contributed by atoms with van der Waals surface area (Å²) in [6.45, 7) is 9.45. The van der Waals surface area contributed by atoms with Crippen molar-refractivity contribution in [2.24, 2.45) is 0 Å². The van der Waals surface area contributed by atoms with Crippen molar-refractivity contribution in [2.75, 3.05) is 5.73 Å². The van der Waals surface area contributed by atoms with Crippen LogP contribution < -0.4 is 11.2 Å². The first kappa shape index (κ1) is 15.0. The van der Waals surface area contributed by atoms with Gasteiger partial charge in [0.25, 0.3) is 0 Å². The van der Waals surface area contributed by atoms with E-state index in [-0.39, 0.29) is 5.78 Å². The number of Topliss-reactive ketones (excluding diaryl/α,β-unsaturated/α-hetero) is 1. The number of aromatic nitrogens is 1. The number of ketones is 1. The van der Waals surface area contributed by atoms with Crippen LogP contribution in [0.4, 0.5) is 5.82 Å². The maximum absolute atomic E-state index is 11.4. The molecule has 5 nitrogen and oxygen atoms in total. The third kappa shape index (κ3) is 2.58.